The monoisotopic (exact) mass is 261 g/mol. The first-order valence-corrected chi connectivity index (χ1v) is 7.76. The van der Waals surface area contributed by atoms with E-state index in [1.807, 2.05) is 0 Å². The van der Waals surface area contributed by atoms with Crippen LogP contribution in [0, 0.1) is 0 Å². The summed E-state index contributed by atoms with van der Waals surface area (Å²) < 4.78 is 0. The number of nitrogens with zero attached hydrogens (tertiary/aromatic N) is 1. The number of benzene rings is 1. The molecule has 1 saturated carbocycles. The second-order valence-electron chi connectivity index (χ2n) is 6.19. The summed E-state index contributed by atoms with van der Waals surface area (Å²) in [7, 11) is 0. The van der Waals surface area contributed by atoms with Gasteiger partial charge in [0.1, 0.15) is 0 Å². The molecule has 1 saturated heterocycles. The summed E-state index contributed by atoms with van der Waals surface area (Å²) in [5, 5.41) is 0.911. The zero-order chi connectivity index (χ0) is 12.1. The summed E-state index contributed by atoms with van der Waals surface area (Å²) in [6.45, 7) is 1.30. The minimum absolute atomic E-state index is 0.663. The van der Waals surface area contributed by atoms with Crippen LogP contribution in [0.15, 0.2) is 18.2 Å². The van der Waals surface area contributed by atoms with Crippen molar-refractivity contribution in [3.63, 3.8) is 0 Å². The smallest absolute Gasteiger partial charge is 0.0409 e. The molecule has 0 spiro atoms. The van der Waals surface area contributed by atoms with Crippen molar-refractivity contribution in [3.8, 4) is 0 Å². The SMILES string of the molecule is Clc1ccc2c(c1)[C@H]1C[C@@H]2CCCN1C1CCC1. The largest absolute Gasteiger partial charge is 0.293 e. The quantitative estimate of drug-likeness (QED) is 0.719. The van der Waals surface area contributed by atoms with Gasteiger partial charge in [-0.1, -0.05) is 24.1 Å². The maximum Gasteiger partial charge on any atom is 0.0409 e. The fraction of sp³-hybridized carbons (Fsp3) is 0.625. The van der Waals surface area contributed by atoms with E-state index in [1.54, 1.807) is 11.1 Å². The Labute approximate surface area is 114 Å². The third-order valence-corrected chi connectivity index (χ3v) is 5.50. The van der Waals surface area contributed by atoms with Crippen LogP contribution in [-0.2, 0) is 0 Å². The van der Waals surface area contributed by atoms with Crippen LogP contribution in [0.2, 0.25) is 5.02 Å². The third-order valence-electron chi connectivity index (χ3n) is 5.27. The number of fused-ring (bicyclic) bond motifs is 5. The molecular formula is C16H20ClN. The van der Waals surface area contributed by atoms with E-state index in [9.17, 15) is 0 Å². The molecule has 0 unspecified atom stereocenters. The highest BCUT2D eigenvalue weighted by Gasteiger charge is 2.40. The second-order valence-corrected chi connectivity index (χ2v) is 6.62. The normalized spacial score (nSPS) is 31.8. The van der Waals surface area contributed by atoms with Gasteiger partial charge in [-0.3, -0.25) is 4.90 Å². The molecule has 1 aromatic rings. The van der Waals surface area contributed by atoms with Gasteiger partial charge in [0.15, 0.2) is 0 Å². The molecule has 1 heterocycles. The van der Waals surface area contributed by atoms with Gasteiger partial charge in [0.25, 0.3) is 0 Å². The van der Waals surface area contributed by atoms with Crippen LogP contribution in [-0.4, -0.2) is 17.5 Å². The fourth-order valence-corrected chi connectivity index (χ4v) is 4.33. The van der Waals surface area contributed by atoms with Crippen molar-refractivity contribution in [2.45, 2.75) is 56.5 Å². The van der Waals surface area contributed by atoms with Crippen molar-refractivity contribution in [2.24, 2.45) is 0 Å². The molecule has 96 valence electrons. The summed E-state index contributed by atoms with van der Waals surface area (Å²) in [6.07, 6.45) is 8.34. The fourth-order valence-electron chi connectivity index (χ4n) is 4.15. The van der Waals surface area contributed by atoms with E-state index in [4.69, 9.17) is 11.6 Å². The van der Waals surface area contributed by atoms with E-state index in [0.29, 0.717) is 6.04 Å². The van der Waals surface area contributed by atoms with Gasteiger partial charge in [-0.25, -0.2) is 0 Å². The van der Waals surface area contributed by atoms with E-state index < -0.39 is 0 Å². The Morgan fingerprint density at radius 1 is 1.06 bits per heavy atom. The van der Waals surface area contributed by atoms with Crippen LogP contribution < -0.4 is 0 Å². The Balaban J connectivity index is 1.74. The second kappa shape index (κ2) is 4.25. The lowest BCUT2D eigenvalue weighted by molar-refractivity contribution is 0.0842. The molecule has 0 radical (unpaired) electrons. The first-order chi connectivity index (χ1) is 8.83. The highest BCUT2D eigenvalue weighted by Crippen LogP contribution is 2.50. The number of hydrogen-bond acceptors (Lipinski definition) is 1. The summed E-state index contributed by atoms with van der Waals surface area (Å²) in [5.74, 6) is 0.798. The zero-order valence-corrected chi connectivity index (χ0v) is 11.5. The molecule has 0 aromatic heterocycles. The van der Waals surface area contributed by atoms with Crippen molar-refractivity contribution in [1.29, 1.82) is 0 Å². The molecule has 0 N–H and O–H groups in total. The van der Waals surface area contributed by atoms with Crippen molar-refractivity contribution in [1.82, 2.24) is 4.90 Å². The molecule has 3 aliphatic rings. The topological polar surface area (TPSA) is 3.24 Å². The maximum atomic E-state index is 6.21. The standard InChI is InChI=1S/C16H20ClN/c17-12-6-7-14-11-3-2-8-18(13-4-1-5-13)16(9-11)15(14)10-12/h6-7,10-11,13,16H,1-5,8-9H2/t11-,16+/m0/s1. The number of rotatable bonds is 1. The van der Waals surface area contributed by atoms with Crippen molar-refractivity contribution in [2.75, 3.05) is 6.54 Å². The average Bonchev–Trinajstić information content (AvgIpc) is 2.49. The van der Waals surface area contributed by atoms with E-state index in [-0.39, 0.29) is 0 Å². The van der Waals surface area contributed by atoms with Gasteiger partial charge in [0, 0.05) is 17.1 Å². The molecule has 4 rings (SSSR count). The minimum Gasteiger partial charge on any atom is -0.293 e. The van der Waals surface area contributed by atoms with E-state index in [1.165, 1.54) is 45.1 Å². The Hall–Kier alpha value is -0.530. The molecule has 0 amide bonds. The molecule has 2 fully saturated rings. The zero-order valence-electron chi connectivity index (χ0n) is 10.7. The minimum atomic E-state index is 0.663. The van der Waals surface area contributed by atoms with Gasteiger partial charge in [-0.2, -0.15) is 0 Å². The number of halogens is 1. The number of likely N-dealkylation sites (tertiary alicyclic amines) is 1. The molecule has 1 aromatic carbocycles. The highest BCUT2D eigenvalue weighted by molar-refractivity contribution is 6.30. The molecule has 1 aliphatic heterocycles. The highest BCUT2D eigenvalue weighted by atomic mass is 35.5. The van der Waals surface area contributed by atoms with E-state index >= 15 is 0 Å². The van der Waals surface area contributed by atoms with Crippen molar-refractivity contribution in [3.05, 3.63) is 34.3 Å². The molecule has 18 heavy (non-hydrogen) atoms. The van der Waals surface area contributed by atoms with Crippen LogP contribution >= 0.6 is 11.6 Å². The summed E-state index contributed by atoms with van der Waals surface area (Å²) >= 11 is 6.21. The summed E-state index contributed by atoms with van der Waals surface area (Å²) in [6, 6.07) is 8.12. The molecule has 2 aliphatic carbocycles. The predicted molar refractivity (Wildman–Crippen MR) is 75.1 cm³/mol. The first kappa shape index (κ1) is 11.3. The predicted octanol–water partition coefficient (Wildman–Crippen LogP) is 4.52. The average molecular weight is 262 g/mol. The van der Waals surface area contributed by atoms with Gasteiger partial charge in [-0.05, 0) is 67.8 Å². The molecule has 2 atom stereocenters. The Morgan fingerprint density at radius 2 is 1.94 bits per heavy atom. The first-order valence-electron chi connectivity index (χ1n) is 7.38. The van der Waals surface area contributed by atoms with Crippen molar-refractivity contribution < 1.29 is 0 Å². The summed E-state index contributed by atoms with van der Waals surface area (Å²) in [4.78, 5) is 2.80. The molecule has 2 bridgehead atoms. The van der Waals surface area contributed by atoms with Crippen LogP contribution in [0.4, 0.5) is 0 Å². The van der Waals surface area contributed by atoms with Gasteiger partial charge in [0.05, 0.1) is 0 Å². The van der Waals surface area contributed by atoms with Gasteiger partial charge >= 0.3 is 0 Å². The van der Waals surface area contributed by atoms with Crippen LogP contribution in [0.25, 0.3) is 0 Å². The Bertz CT molecular complexity index is 466. The van der Waals surface area contributed by atoms with Gasteiger partial charge < -0.3 is 0 Å². The lowest BCUT2D eigenvalue weighted by Gasteiger charge is -2.41. The Morgan fingerprint density at radius 3 is 2.72 bits per heavy atom. The van der Waals surface area contributed by atoms with Gasteiger partial charge in [-0.15, -0.1) is 0 Å². The van der Waals surface area contributed by atoms with Crippen LogP contribution in [0.3, 0.4) is 0 Å². The number of hydrogen-bond donors (Lipinski definition) is 0. The lowest BCUT2D eigenvalue weighted by Crippen LogP contribution is -2.42. The lowest BCUT2D eigenvalue weighted by atomic mass is 9.89. The van der Waals surface area contributed by atoms with Crippen LogP contribution in [0.5, 0.6) is 0 Å². The Kier molecular flexibility index (Phi) is 2.67. The summed E-state index contributed by atoms with van der Waals surface area (Å²) in [5.41, 5.74) is 3.13. The molecular weight excluding hydrogens is 242 g/mol. The van der Waals surface area contributed by atoms with Crippen LogP contribution in [0.1, 0.15) is 61.6 Å². The van der Waals surface area contributed by atoms with Gasteiger partial charge in [0.2, 0.25) is 0 Å². The maximum absolute atomic E-state index is 6.21. The molecule has 2 heteroatoms. The molecule has 1 nitrogen and oxygen atoms in total. The third kappa shape index (κ3) is 1.64. The van der Waals surface area contributed by atoms with E-state index in [0.717, 1.165) is 17.0 Å². The van der Waals surface area contributed by atoms with E-state index in [2.05, 4.69) is 23.1 Å². The van der Waals surface area contributed by atoms with Crippen molar-refractivity contribution >= 4 is 11.6 Å².